The number of carbonyl (C=O) groups is 3. The fourth-order valence-corrected chi connectivity index (χ4v) is 5.05. The second-order valence-electron chi connectivity index (χ2n) is 6.81. The summed E-state index contributed by atoms with van der Waals surface area (Å²) in [6.07, 6.45) is 2.17. The summed E-state index contributed by atoms with van der Waals surface area (Å²) in [5.41, 5.74) is 1.29. The van der Waals surface area contributed by atoms with Gasteiger partial charge in [-0.25, -0.2) is 4.98 Å². The minimum absolute atomic E-state index is 0.286. The quantitative estimate of drug-likeness (QED) is 0.523. The summed E-state index contributed by atoms with van der Waals surface area (Å²) in [4.78, 5) is 44.9. The molecule has 0 radical (unpaired) electrons. The third-order valence-corrected chi connectivity index (χ3v) is 6.78. The van der Waals surface area contributed by atoms with E-state index in [2.05, 4.69) is 11.1 Å². The summed E-state index contributed by atoms with van der Waals surface area (Å²) >= 11 is 2.80. The van der Waals surface area contributed by atoms with Crippen molar-refractivity contribution in [1.82, 2.24) is 9.88 Å². The van der Waals surface area contributed by atoms with Crippen LogP contribution in [0, 0.1) is 11.3 Å². The molecule has 2 atom stereocenters. The summed E-state index contributed by atoms with van der Waals surface area (Å²) in [7, 11) is 0. The monoisotopic (exact) mass is 435 g/mol. The summed E-state index contributed by atoms with van der Waals surface area (Å²) in [6.45, 7) is 0. The Balaban J connectivity index is 1.71. The van der Waals surface area contributed by atoms with Gasteiger partial charge in [-0.2, -0.15) is 17.0 Å². The molecule has 30 heavy (non-hydrogen) atoms. The molecule has 4 rings (SSSR count). The number of thioether (sulfide) groups is 1. The van der Waals surface area contributed by atoms with Crippen LogP contribution in [0.25, 0.3) is 10.2 Å². The average molecular weight is 436 g/mol. The molecule has 0 saturated heterocycles. The molecule has 0 unspecified atom stereocenters. The zero-order valence-corrected chi connectivity index (χ0v) is 17.7. The molecule has 0 spiro atoms. The number of hydrogen-bond donors (Lipinski definition) is 0. The number of nitrogens with zero attached hydrogens (tertiary/aromatic N) is 3. The van der Waals surface area contributed by atoms with E-state index in [0.29, 0.717) is 16.3 Å². The summed E-state index contributed by atoms with van der Waals surface area (Å²) in [5.74, 6) is -2.02. The van der Waals surface area contributed by atoms with Gasteiger partial charge >= 0.3 is 0 Å². The van der Waals surface area contributed by atoms with Crippen LogP contribution in [-0.4, -0.2) is 45.5 Å². The lowest BCUT2D eigenvalue weighted by molar-refractivity contribution is -0.123. The first-order chi connectivity index (χ1) is 14.6. The third kappa shape index (κ3) is 3.40. The van der Waals surface area contributed by atoms with Gasteiger partial charge < -0.3 is 0 Å². The standard InChI is InChI=1S/C22H17N3O3S2/c1-29-11-10-17(25-21(27)13-6-2-3-7-14(13)22(25)28)19(26)15(12-23)20-24-16-8-4-5-9-18(16)30-20/h2-9,15,17H,10-11H2,1H3/t15-,17+/m0/s1. The third-order valence-electron chi connectivity index (χ3n) is 5.03. The van der Waals surface area contributed by atoms with E-state index in [9.17, 15) is 19.6 Å². The molecule has 2 heterocycles. The van der Waals surface area contributed by atoms with Crippen LogP contribution in [0.4, 0.5) is 0 Å². The van der Waals surface area contributed by atoms with Gasteiger partial charge in [-0.3, -0.25) is 19.3 Å². The first kappa shape index (κ1) is 20.3. The van der Waals surface area contributed by atoms with Crippen LogP contribution in [0.3, 0.4) is 0 Å². The molecule has 3 aromatic rings. The molecule has 0 aliphatic carbocycles. The second kappa shape index (κ2) is 8.38. The highest BCUT2D eigenvalue weighted by Crippen LogP contribution is 2.32. The molecular formula is C22H17N3O3S2. The van der Waals surface area contributed by atoms with Crippen LogP contribution in [0.15, 0.2) is 48.5 Å². The number of carbonyl (C=O) groups excluding carboxylic acids is 3. The van der Waals surface area contributed by atoms with Gasteiger partial charge in [0, 0.05) is 0 Å². The number of nitriles is 1. The van der Waals surface area contributed by atoms with E-state index in [1.165, 1.54) is 23.1 Å². The van der Waals surface area contributed by atoms with E-state index in [-0.39, 0.29) is 17.5 Å². The zero-order chi connectivity index (χ0) is 21.3. The van der Waals surface area contributed by atoms with Crippen LogP contribution in [0.5, 0.6) is 0 Å². The molecule has 6 nitrogen and oxygen atoms in total. The number of aromatic nitrogens is 1. The van der Waals surface area contributed by atoms with Gasteiger partial charge in [0.1, 0.15) is 11.0 Å². The van der Waals surface area contributed by atoms with Gasteiger partial charge in [0.15, 0.2) is 11.7 Å². The Kier molecular flexibility index (Phi) is 5.66. The second-order valence-corrected chi connectivity index (χ2v) is 8.86. The lowest BCUT2D eigenvalue weighted by Crippen LogP contribution is -2.46. The van der Waals surface area contributed by atoms with Crippen molar-refractivity contribution in [2.45, 2.75) is 18.4 Å². The van der Waals surface area contributed by atoms with Gasteiger partial charge in [0.2, 0.25) is 0 Å². The molecule has 8 heteroatoms. The number of fused-ring (bicyclic) bond motifs is 2. The number of para-hydroxylation sites is 1. The number of benzene rings is 2. The Morgan fingerprint density at radius 1 is 1.13 bits per heavy atom. The molecular weight excluding hydrogens is 418 g/mol. The Morgan fingerprint density at radius 3 is 2.37 bits per heavy atom. The minimum atomic E-state index is -1.14. The number of amides is 2. The van der Waals surface area contributed by atoms with E-state index in [1.54, 1.807) is 24.3 Å². The van der Waals surface area contributed by atoms with Crippen molar-refractivity contribution in [3.63, 3.8) is 0 Å². The zero-order valence-electron chi connectivity index (χ0n) is 16.1. The molecule has 1 aromatic heterocycles. The predicted molar refractivity (Wildman–Crippen MR) is 117 cm³/mol. The predicted octanol–water partition coefficient (Wildman–Crippen LogP) is 3.89. The van der Waals surface area contributed by atoms with E-state index >= 15 is 0 Å². The molecule has 150 valence electrons. The molecule has 0 bridgehead atoms. The summed E-state index contributed by atoms with van der Waals surface area (Å²) < 4.78 is 0.877. The van der Waals surface area contributed by atoms with Crippen LogP contribution in [0.1, 0.15) is 38.1 Å². The van der Waals surface area contributed by atoms with Gasteiger partial charge in [0.25, 0.3) is 11.8 Å². The number of thiazole rings is 1. The highest BCUT2D eigenvalue weighted by atomic mass is 32.2. The number of ketones is 1. The maximum absolute atomic E-state index is 13.5. The molecule has 1 aliphatic rings. The minimum Gasteiger partial charge on any atom is -0.295 e. The van der Waals surface area contributed by atoms with Crippen molar-refractivity contribution in [2.75, 3.05) is 12.0 Å². The molecule has 0 N–H and O–H groups in total. The van der Waals surface area contributed by atoms with E-state index < -0.39 is 29.6 Å². The van der Waals surface area contributed by atoms with Crippen molar-refractivity contribution in [3.05, 3.63) is 64.7 Å². The number of Topliss-reactive ketones (excluding diaryl/α,β-unsaturated/α-hetero) is 1. The van der Waals surface area contributed by atoms with Crippen LogP contribution >= 0.6 is 23.1 Å². The normalized spacial score (nSPS) is 15.1. The van der Waals surface area contributed by atoms with Gasteiger partial charge in [0.05, 0.1) is 27.4 Å². The molecule has 2 amide bonds. The fraction of sp³-hybridized carbons (Fsp3) is 0.227. The van der Waals surface area contributed by atoms with E-state index in [4.69, 9.17) is 0 Å². The Morgan fingerprint density at radius 2 is 1.77 bits per heavy atom. The van der Waals surface area contributed by atoms with Crippen LogP contribution in [0.2, 0.25) is 0 Å². The summed E-state index contributed by atoms with van der Waals surface area (Å²) in [6, 6.07) is 15.0. The maximum atomic E-state index is 13.5. The van der Waals surface area contributed by atoms with E-state index in [0.717, 1.165) is 9.60 Å². The smallest absolute Gasteiger partial charge is 0.262 e. The van der Waals surface area contributed by atoms with Crippen molar-refractivity contribution in [2.24, 2.45) is 0 Å². The highest BCUT2D eigenvalue weighted by Gasteiger charge is 2.44. The number of rotatable bonds is 7. The molecule has 1 aliphatic heterocycles. The topological polar surface area (TPSA) is 91.1 Å². The molecule has 0 fully saturated rings. The van der Waals surface area contributed by atoms with Crippen LogP contribution in [-0.2, 0) is 4.79 Å². The lowest BCUT2D eigenvalue weighted by Gasteiger charge is -2.26. The molecule has 0 saturated carbocycles. The SMILES string of the molecule is CSCC[C@H](C(=O)[C@H](C#N)c1nc2ccccc2s1)N1C(=O)c2ccccc2C1=O. The maximum Gasteiger partial charge on any atom is 0.262 e. The van der Waals surface area contributed by atoms with Crippen LogP contribution < -0.4 is 0 Å². The Bertz CT molecular complexity index is 1130. The van der Waals surface area contributed by atoms with Crippen molar-refractivity contribution < 1.29 is 14.4 Å². The van der Waals surface area contributed by atoms with Crippen molar-refractivity contribution >= 4 is 50.9 Å². The Hall–Kier alpha value is -3.02. The van der Waals surface area contributed by atoms with E-state index in [1.807, 2.05) is 30.5 Å². The average Bonchev–Trinajstić information content (AvgIpc) is 3.29. The largest absolute Gasteiger partial charge is 0.295 e. The lowest BCUT2D eigenvalue weighted by atomic mass is 9.96. The van der Waals surface area contributed by atoms with Gasteiger partial charge in [-0.15, -0.1) is 11.3 Å². The first-order valence-corrected chi connectivity index (χ1v) is 11.5. The van der Waals surface area contributed by atoms with Crippen molar-refractivity contribution in [1.29, 1.82) is 5.26 Å². The summed E-state index contributed by atoms with van der Waals surface area (Å²) in [5, 5.41) is 10.2. The number of imide groups is 1. The Labute approximate surface area is 181 Å². The molecule has 2 aromatic carbocycles. The number of hydrogen-bond acceptors (Lipinski definition) is 7. The fourth-order valence-electron chi connectivity index (χ4n) is 3.57. The van der Waals surface area contributed by atoms with Gasteiger partial charge in [-0.05, 0) is 42.7 Å². The highest BCUT2D eigenvalue weighted by molar-refractivity contribution is 7.98. The van der Waals surface area contributed by atoms with Gasteiger partial charge in [-0.1, -0.05) is 24.3 Å². The van der Waals surface area contributed by atoms with Crippen molar-refractivity contribution in [3.8, 4) is 6.07 Å². The first-order valence-electron chi connectivity index (χ1n) is 9.31.